The maximum absolute atomic E-state index is 11.6. The molecule has 0 N–H and O–H groups in total. The molecule has 0 heterocycles. The van der Waals surface area contributed by atoms with E-state index in [1.54, 1.807) is 0 Å². The standard InChI is InChI=1S/C15H26O2/c1-7-11(4)14(16)17-9-12-8-13(10(2)3)15(12,5)6/h11-13H,2,7-9H2,1,3-6H3/t11-,12-,13+/m1/s1. The van der Waals surface area contributed by atoms with E-state index >= 15 is 0 Å². The van der Waals surface area contributed by atoms with Crippen LogP contribution < -0.4 is 0 Å². The molecule has 0 spiro atoms. The Morgan fingerprint density at radius 1 is 1.53 bits per heavy atom. The maximum atomic E-state index is 11.6. The van der Waals surface area contributed by atoms with E-state index in [2.05, 4.69) is 27.4 Å². The largest absolute Gasteiger partial charge is 0.465 e. The van der Waals surface area contributed by atoms with Gasteiger partial charge in [0.1, 0.15) is 0 Å². The molecule has 2 heteroatoms. The van der Waals surface area contributed by atoms with E-state index in [1.165, 1.54) is 5.57 Å². The summed E-state index contributed by atoms with van der Waals surface area (Å²) in [5.41, 5.74) is 1.47. The zero-order chi connectivity index (χ0) is 13.2. The van der Waals surface area contributed by atoms with E-state index in [9.17, 15) is 4.79 Å². The number of rotatable bonds is 5. The molecule has 1 aliphatic carbocycles. The third-order valence-corrected chi connectivity index (χ3v) is 4.51. The molecule has 1 aliphatic rings. The van der Waals surface area contributed by atoms with Crippen molar-refractivity contribution >= 4 is 5.97 Å². The first kappa shape index (κ1) is 14.3. The fourth-order valence-corrected chi connectivity index (χ4v) is 2.63. The first-order valence-corrected chi connectivity index (χ1v) is 6.62. The molecule has 0 amide bonds. The van der Waals surface area contributed by atoms with Gasteiger partial charge in [-0.1, -0.05) is 39.8 Å². The summed E-state index contributed by atoms with van der Waals surface area (Å²) in [5, 5.41) is 0. The molecule has 0 radical (unpaired) electrons. The van der Waals surface area contributed by atoms with Gasteiger partial charge < -0.3 is 4.74 Å². The molecule has 2 nitrogen and oxygen atoms in total. The Hall–Kier alpha value is -0.790. The summed E-state index contributed by atoms with van der Waals surface area (Å²) in [4.78, 5) is 11.6. The van der Waals surface area contributed by atoms with E-state index in [0.29, 0.717) is 18.4 Å². The van der Waals surface area contributed by atoms with E-state index in [0.717, 1.165) is 12.8 Å². The van der Waals surface area contributed by atoms with Crippen LogP contribution in [0.3, 0.4) is 0 Å². The molecule has 3 atom stereocenters. The number of hydrogen-bond acceptors (Lipinski definition) is 2. The molecule has 0 aromatic rings. The van der Waals surface area contributed by atoms with Crippen LogP contribution in [-0.2, 0) is 9.53 Å². The Labute approximate surface area is 105 Å². The number of ether oxygens (including phenoxy) is 1. The topological polar surface area (TPSA) is 26.3 Å². The van der Waals surface area contributed by atoms with Gasteiger partial charge in [0.25, 0.3) is 0 Å². The summed E-state index contributed by atoms with van der Waals surface area (Å²) in [6.45, 7) is 15.1. The molecular formula is C15H26O2. The molecule has 0 bridgehead atoms. The molecule has 0 aromatic carbocycles. The van der Waals surface area contributed by atoms with E-state index in [1.807, 2.05) is 13.8 Å². The van der Waals surface area contributed by atoms with E-state index in [-0.39, 0.29) is 17.3 Å². The highest BCUT2D eigenvalue weighted by molar-refractivity contribution is 5.71. The van der Waals surface area contributed by atoms with Crippen molar-refractivity contribution in [1.82, 2.24) is 0 Å². The second-order valence-electron chi connectivity index (χ2n) is 6.09. The van der Waals surface area contributed by atoms with Crippen molar-refractivity contribution in [2.75, 3.05) is 6.61 Å². The third kappa shape index (κ3) is 2.91. The molecule has 1 fully saturated rings. The monoisotopic (exact) mass is 238 g/mol. The second kappa shape index (κ2) is 5.24. The Morgan fingerprint density at radius 3 is 2.53 bits per heavy atom. The minimum absolute atomic E-state index is 0.0233. The van der Waals surface area contributed by atoms with Crippen molar-refractivity contribution in [3.05, 3.63) is 12.2 Å². The lowest BCUT2D eigenvalue weighted by Gasteiger charge is -2.52. The van der Waals surface area contributed by atoms with Crippen molar-refractivity contribution in [3.63, 3.8) is 0 Å². The Bertz CT molecular complexity index is 304. The van der Waals surface area contributed by atoms with Crippen LogP contribution in [-0.4, -0.2) is 12.6 Å². The highest BCUT2D eigenvalue weighted by atomic mass is 16.5. The molecule has 0 aliphatic heterocycles. The molecule has 98 valence electrons. The fourth-order valence-electron chi connectivity index (χ4n) is 2.63. The zero-order valence-corrected chi connectivity index (χ0v) is 11.9. The quantitative estimate of drug-likeness (QED) is 0.537. The SMILES string of the molecule is C=C(C)[C@@H]1C[C@H](COC(=O)[C@H](C)CC)C1(C)C. The lowest BCUT2D eigenvalue weighted by atomic mass is 9.53. The lowest BCUT2D eigenvalue weighted by molar-refractivity contribution is -0.155. The average Bonchev–Trinajstić information content (AvgIpc) is 2.25. The maximum Gasteiger partial charge on any atom is 0.308 e. The summed E-state index contributed by atoms with van der Waals surface area (Å²) < 4.78 is 5.39. The van der Waals surface area contributed by atoms with E-state index < -0.39 is 0 Å². The van der Waals surface area contributed by atoms with Crippen molar-refractivity contribution in [2.45, 2.75) is 47.5 Å². The van der Waals surface area contributed by atoms with Gasteiger partial charge in [0, 0.05) is 0 Å². The number of hydrogen-bond donors (Lipinski definition) is 0. The minimum Gasteiger partial charge on any atom is -0.465 e. The van der Waals surface area contributed by atoms with Gasteiger partial charge in [-0.25, -0.2) is 0 Å². The van der Waals surface area contributed by atoms with Gasteiger partial charge in [-0.05, 0) is 37.0 Å². The van der Waals surface area contributed by atoms with Gasteiger partial charge in [0.15, 0.2) is 0 Å². The fraction of sp³-hybridized carbons (Fsp3) is 0.800. The third-order valence-electron chi connectivity index (χ3n) is 4.51. The normalized spacial score (nSPS) is 28.1. The summed E-state index contributed by atoms with van der Waals surface area (Å²) in [7, 11) is 0. The number of allylic oxidation sites excluding steroid dienone is 1. The van der Waals surface area contributed by atoms with Crippen LogP contribution in [0.5, 0.6) is 0 Å². The van der Waals surface area contributed by atoms with Gasteiger partial charge in [0.2, 0.25) is 0 Å². The van der Waals surface area contributed by atoms with E-state index in [4.69, 9.17) is 4.74 Å². The Kier molecular flexibility index (Phi) is 4.40. The Balaban J connectivity index is 2.41. The van der Waals surface area contributed by atoms with Gasteiger partial charge in [-0.3, -0.25) is 4.79 Å². The van der Waals surface area contributed by atoms with Crippen molar-refractivity contribution in [1.29, 1.82) is 0 Å². The van der Waals surface area contributed by atoms with Gasteiger partial charge in [-0.15, -0.1) is 0 Å². The van der Waals surface area contributed by atoms with Gasteiger partial charge in [0.05, 0.1) is 12.5 Å². The molecule has 1 saturated carbocycles. The highest BCUT2D eigenvalue weighted by Crippen LogP contribution is 2.54. The zero-order valence-electron chi connectivity index (χ0n) is 11.9. The number of carbonyl (C=O) groups is 1. The van der Waals surface area contributed by atoms with Crippen molar-refractivity contribution < 1.29 is 9.53 Å². The number of carbonyl (C=O) groups excluding carboxylic acids is 1. The summed E-state index contributed by atoms with van der Waals surface area (Å²) in [6, 6.07) is 0. The molecule has 1 rings (SSSR count). The minimum atomic E-state index is -0.0536. The molecule has 17 heavy (non-hydrogen) atoms. The smallest absolute Gasteiger partial charge is 0.308 e. The Morgan fingerprint density at radius 2 is 2.12 bits per heavy atom. The predicted octanol–water partition coefficient (Wildman–Crippen LogP) is 3.81. The average molecular weight is 238 g/mol. The molecule has 0 aromatic heterocycles. The van der Waals surface area contributed by atoms with Crippen LogP contribution >= 0.6 is 0 Å². The van der Waals surface area contributed by atoms with Crippen LogP contribution in [0.15, 0.2) is 12.2 Å². The second-order valence-corrected chi connectivity index (χ2v) is 6.09. The molecule has 0 unspecified atom stereocenters. The van der Waals surface area contributed by atoms with Crippen LogP contribution in [0.1, 0.15) is 47.5 Å². The van der Waals surface area contributed by atoms with Crippen molar-refractivity contribution in [3.8, 4) is 0 Å². The molecule has 0 saturated heterocycles. The van der Waals surface area contributed by atoms with Crippen molar-refractivity contribution in [2.24, 2.45) is 23.2 Å². The van der Waals surface area contributed by atoms with Crippen LogP contribution in [0, 0.1) is 23.2 Å². The van der Waals surface area contributed by atoms with Crippen LogP contribution in [0.25, 0.3) is 0 Å². The first-order valence-electron chi connectivity index (χ1n) is 6.62. The number of esters is 1. The molecular weight excluding hydrogens is 212 g/mol. The van der Waals surface area contributed by atoms with Crippen LogP contribution in [0.4, 0.5) is 0 Å². The first-order chi connectivity index (χ1) is 7.80. The van der Waals surface area contributed by atoms with Crippen LogP contribution in [0.2, 0.25) is 0 Å². The predicted molar refractivity (Wildman–Crippen MR) is 70.6 cm³/mol. The lowest BCUT2D eigenvalue weighted by Crippen LogP contribution is -2.47. The van der Waals surface area contributed by atoms with Gasteiger partial charge >= 0.3 is 5.97 Å². The summed E-state index contributed by atoms with van der Waals surface area (Å²) in [5.74, 6) is 1.03. The summed E-state index contributed by atoms with van der Waals surface area (Å²) in [6.07, 6.45) is 1.96. The summed E-state index contributed by atoms with van der Waals surface area (Å²) >= 11 is 0. The van der Waals surface area contributed by atoms with Gasteiger partial charge in [-0.2, -0.15) is 0 Å². The highest BCUT2D eigenvalue weighted by Gasteiger charge is 2.48.